The van der Waals surface area contributed by atoms with E-state index in [-0.39, 0.29) is 56.5 Å². The average molecular weight is 643 g/mol. The first-order chi connectivity index (χ1) is 21.5. The second-order valence-electron chi connectivity index (χ2n) is 13.4. The molecule has 0 unspecified atom stereocenters. The standard InChI is InChI=1S/C36H66O9/c1-6-36(27-37,28-44-34(40)23-15-9-17-25-42-32(38)21-13-7-11-19-30(2)3)29-45-35(41)24-16-10-18-26-43-33(39)22-14-8-12-20-31(4)5/h30-31,37H,6-29H2,1-5H3. The van der Waals surface area contributed by atoms with Crippen LogP contribution in [-0.2, 0) is 38.1 Å². The molecule has 0 rings (SSSR count). The van der Waals surface area contributed by atoms with Gasteiger partial charge in [0.15, 0.2) is 0 Å². The Bertz CT molecular complexity index is 714. The fourth-order valence-electron chi connectivity index (χ4n) is 4.67. The van der Waals surface area contributed by atoms with Crippen LogP contribution in [0.25, 0.3) is 0 Å². The van der Waals surface area contributed by atoms with Gasteiger partial charge in [-0.15, -0.1) is 0 Å². The third-order valence-electron chi connectivity index (χ3n) is 8.07. The van der Waals surface area contributed by atoms with E-state index in [0.717, 1.165) is 51.4 Å². The molecule has 0 saturated carbocycles. The predicted molar refractivity (Wildman–Crippen MR) is 176 cm³/mol. The van der Waals surface area contributed by atoms with Crippen molar-refractivity contribution >= 4 is 23.9 Å². The van der Waals surface area contributed by atoms with Crippen LogP contribution < -0.4 is 0 Å². The summed E-state index contributed by atoms with van der Waals surface area (Å²) in [4.78, 5) is 48.1. The van der Waals surface area contributed by atoms with Gasteiger partial charge in [0.25, 0.3) is 0 Å². The lowest BCUT2D eigenvalue weighted by molar-refractivity contribution is -0.157. The van der Waals surface area contributed by atoms with Crippen LogP contribution in [0, 0.1) is 17.3 Å². The molecule has 0 bridgehead atoms. The van der Waals surface area contributed by atoms with Crippen LogP contribution in [0.5, 0.6) is 0 Å². The van der Waals surface area contributed by atoms with E-state index in [1.807, 2.05) is 6.92 Å². The highest BCUT2D eigenvalue weighted by molar-refractivity contribution is 5.70. The molecule has 0 aliphatic carbocycles. The zero-order valence-electron chi connectivity index (χ0n) is 29.3. The normalized spacial score (nSPS) is 11.6. The van der Waals surface area contributed by atoms with Gasteiger partial charge in [-0.1, -0.05) is 73.1 Å². The topological polar surface area (TPSA) is 125 Å². The molecule has 0 atom stereocenters. The second-order valence-corrected chi connectivity index (χ2v) is 13.4. The number of hydrogen-bond donors (Lipinski definition) is 1. The van der Waals surface area contributed by atoms with Crippen molar-refractivity contribution in [2.45, 2.75) is 157 Å². The summed E-state index contributed by atoms with van der Waals surface area (Å²) < 4.78 is 21.4. The fourth-order valence-corrected chi connectivity index (χ4v) is 4.67. The van der Waals surface area contributed by atoms with Crippen LogP contribution in [0.1, 0.15) is 157 Å². The third-order valence-corrected chi connectivity index (χ3v) is 8.07. The molecule has 0 fully saturated rings. The molecular weight excluding hydrogens is 576 g/mol. The van der Waals surface area contributed by atoms with Crippen LogP contribution in [0.3, 0.4) is 0 Å². The van der Waals surface area contributed by atoms with Crippen LogP contribution >= 0.6 is 0 Å². The van der Waals surface area contributed by atoms with E-state index in [1.54, 1.807) is 0 Å². The summed E-state index contributed by atoms with van der Waals surface area (Å²) in [5.41, 5.74) is -0.836. The van der Waals surface area contributed by atoms with Crippen molar-refractivity contribution in [3.63, 3.8) is 0 Å². The van der Waals surface area contributed by atoms with Crippen molar-refractivity contribution in [2.24, 2.45) is 17.3 Å². The summed E-state index contributed by atoms with van der Waals surface area (Å²) in [5.74, 6) is 0.349. The summed E-state index contributed by atoms with van der Waals surface area (Å²) >= 11 is 0. The Morgan fingerprint density at radius 3 is 1.16 bits per heavy atom. The number of esters is 4. The molecule has 0 heterocycles. The van der Waals surface area contributed by atoms with Gasteiger partial charge >= 0.3 is 23.9 Å². The second kappa shape index (κ2) is 28.1. The highest BCUT2D eigenvalue weighted by atomic mass is 16.6. The highest BCUT2D eigenvalue weighted by Crippen LogP contribution is 2.23. The molecule has 0 saturated heterocycles. The van der Waals surface area contributed by atoms with Crippen LogP contribution in [0.2, 0.25) is 0 Å². The van der Waals surface area contributed by atoms with Gasteiger partial charge in [0.05, 0.1) is 25.2 Å². The van der Waals surface area contributed by atoms with E-state index >= 15 is 0 Å². The summed E-state index contributed by atoms with van der Waals surface area (Å²) in [6, 6.07) is 0. The molecule has 0 spiro atoms. The first-order valence-corrected chi connectivity index (χ1v) is 17.8. The first kappa shape index (κ1) is 42.8. The molecule has 9 heteroatoms. The Kier molecular flexibility index (Phi) is 26.7. The molecule has 0 radical (unpaired) electrons. The van der Waals surface area contributed by atoms with Gasteiger partial charge in [0.1, 0.15) is 13.2 Å². The predicted octanol–water partition coefficient (Wildman–Crippen LogP) is 7.88. The number of hydrogen-bond acceptors (Lipinski definition) is 9. The van der Waals surface area contributed by atoms with E-state index < -0.39 is 5.41 Å². The molecule has 0 aliphatic heterocycles. The minimum atomic E-state index is -0.836. The first-order valence-electron chi connectivity index (χ1n) is 17.8. The molecule has 0 aromatic rings. The fraction of sp³-hybridized carbons (Fsp3) is 0.889. The Morgan fingerprint density at radius 1 is 0.511 bits per heavy atom. The Morgan fingerprint density at radius 2 is 0.844 bits per heavy atom. The molecular formula is C36H66O9. The molecule has 264 valence electrons. The summed E-state index contributed by atoms with van der Waals surface area (Å²) in [7, 11) is 0. The SMILES string of the molecule is CCC(CO)(COC(=O)CCCCCOC(=O)CCCCCC(C)C)COC(=O)CCCCCOC(=O)CCCCCC(C)C. The average Bonchev–Trinajstić information content (AvgIpc) is 3.00. The molecule has 45 heavy (non-hydrogen) atoms. The maximum atomic E-state index is 12.3. The number of carbonyl (C=O) groups excluding carboxylic acids is 4. The lowest BCUT2D eigenvalue weighted by atomic mass is 9.88. The summed E-state index contributed by atoms with van der Waals surface area (Å²) in [6.45, 7) is 11.1. The van der Waals surface area contributed by atoms with Crippen molar-refractivity contribution in [1.29, 1.82) is 0 Å². The number of unbranched alkanes of at least 4 members (excludes halogenated alkanes) is 8. The molecule has 0 amide bonds. The van der Waals surface area contributed by atoms with E-state index in [9.17, 15) is 24.3 Å². The number of rotatable bonds is 30. The van der Waals surface area contributed by atoms with Gasteiger partial charge in [-0.25, -0.2) is 0 Å². The van der Waals surface area contributed by atoms with Gasteiger partial charge in [-0.05, 0) is 69.6 Å². The minimum absolute atomic E-state index is 0.0238. The van der Waals surface area contributed by atoms with E-state index in [4.69, 9.17) is 18.9 Å². The van der Waals surface area contributed by atoms with Crippen molar-refractivity contribution in [3.05, 3.63) is 0 Å². The summed E-state index contributed by atoms with van der Waals surface area (Å²) in [5, 5.41) is 9.98. The lowest BCUT2D eigenvalue weighted by Gasteiger charge is -2.29. The highest BCUT2D eigenvalue weighted by Gasteiger charge is 2.31. The lowest BCUT2D eigenvalue weighted by Crippen LogP contribution is -2.37. The quantitative estimate of drug-likeness (QED) is 0.0473. The van der Waals surface area contributed by atoms with Gasteiger partial charge < -0.3 is 24.1 Å². The number of ether oxygens (including phenoxy) is 4. The molecule has 0 aromatic carbocycles. The van der Waals surface area contributed by atoms with Crippen molar-refractivity contribution in [1.82, 2.24) is 0 Å². The third kappa shape index (κ3) is 26.7. The number of aliphatic hydroxyl groups is 1. The number of carbonyl (C=O) groups is 4. The Labute approximate surface area is 273 Å². The number of aliphatic hydroxyl groups excluding tert-OH is 1. The van der Waals surface area contributed by atoms with E-state index in [1.165, 1.54) is 12.8 Å². The zero-order valence-corrected chi connectivity index (χ0v) is 29.3. The van der Waals surface area contributed by atoms with Gasteiger partial charge in [-0.2, -0.15) is 0 Å². The van der Waals surface area contributed by atoms with Crippen molar-refractivity contribution in [3.8, 4) is 0 Å². The summed E-state index contributed by atoms with van der Waals surface area (Å²) in [6.07, 6.45) is 14.5. The molecule has 9 nitrogen and oxygen atoms in total. The minimum Gasteiger partial charge on any atom is -0.466 e. The van der Waals surface area contributed by atoms with Crippen LogP contribution in [0.15, 0.2) is 0 Å². The van der Waals surface area contributed by atoms with Crippen LogP contribution in [-0.4, -0.2) is 62.0 Å². The molecule has 0 aromatic heterocycles. The van der Waals surface area contributed by atoms with E-state index in [2.05, 4.69) is 27.7 Å². The maximum absolute atomic E-state index is 12.3. The van der Waals surface area contributed by atoms with Gasteiger partial charge in [0, 0.05) is 25.7 Å². The maximum Gasteiger partial charge on any atom is 0.305 e. The Hall–Kier alpha value is -2.16. The Balaban J connectivity index is 3.95. The van der Waals surface area contributed by atoms with E-state index in [0.29, 0.717) is 70.0 Å². The smallest absolute Gasteiger partial charge is 0.305 e. The van der Waals surface area contributed by atoms with Crippen LogP contribution in [0.4, 0.5) is 0 Å². The zero-order chi connectivity index (χ0) is 33.8. The molecule has 0 aliphatic rings. The molecule has 1 N–H and O–H groups in total. The van der Waals surface area contributed by atoms with Crippen molar-refractivity contribution < 1.29 is 43.2 Å². The van der Waals surface area contributed by atoms with Gasteiger partial charge in [-0.3, -0.25) is 19.2 Å². The monoisotopic (exact) mass is 642 g/mol. The van der Waals surface area contributed by atoms with Gasteiger partial charge in [0.2, 0.25) is 0 Å². The largest absolute Gasteiger partial charge is 0.466 e. The van der Waals surface area contributed by atoms with Crippen molar-refractivity contribution in [2.75, 3.05) is 33.0 Å².